The van der Waals surface area contributed by atoms with Crippen molar-refractivity contribution in [3.8, 4) is 0 Å². The predicted molar refractivity (Wildman–Crippen MR) is 93.7 cm³/mol. The first-order valence-corrected chi connectivity index (χ1v) is 7.98. The number of carbonyl (C=O) groups excluding carboxylic acids is 1. The molecule has 0 bridgehead atoms. The highest BCUT2D eigenvalue weighted by molar-refractivity contribution is 5.93. The zero-order valence-corrected chi connectivity index (χ0v) is 14.5. The molecule has 0 spiro atoms. The monoisotopic (exact) mass is 315 g/mol. The van der Waals surface area contributed by atoms with Gasteiger partial charge in [-0.3, -0.25) is 4.79 Å². The van der Waals surface area contributed by atoms with Crippen molar-refractivity contribution in [3.05, 3.63) is 40.2 Å². The zero-order chi connectivity index (χ0) is 17.2. The fourth-order valence-corrected chi connectivity index (χ4v) is 3.05. The summed E-state index contributed by atoms with van der Waals surface area (Å²) >= 11 is 0. The highest BCUT2D eigenvalue weighted by Crippen LogP contribution is 2.26. The van der Waals surface area contributed by atoms with Gasteiger partial charge in [-0.05, 0) is 42.4 Å². The Kier molecular flexibility index (Phi) is 4.93. The summed E-state index contributed by atoms with van der Waals surface area (Å²) < 4.78 is 5.20. The summed E-state index contributed by atoms with van der Waals surface area (Å²) in [6.07, 6.45) is 1.47. The normalized spacial score (nSPS) is 13.1. The summed E-state index contributed by atoms with van der Waals surface area (Å²) in [5.74, 6) is 0.298. The van der Waals surface area contributed by atoms with Gasteiger partial charge in [0.1, 0.15) is 5.58 Å². The molecule has 1 atom stereocenters. The molecule has 0 aliphatic carbocycles. The molecule has 1 heterocycles. The third-order valence-corrected chi connectivity index (χ3v) is 3.73. The molecule has 1 aromatic heterocycles. The van der Waals surface area contributed by atoms with E-state index in [2.05, 4.69) is 33.0 Å². The molecule has 0 saturated heterocycles. The smallest absolute Gasteiger partial charge is 0.336 e. The van der Waals surface area contributed by atoms with Crippen molar-refractivity contribution in [3.63, 3.8) is 0 Å². The lowest BCUT2D eigenvalue weighted by molar-refractivity contribution is -0.117. The summed E-state index contributed by atoms with van der Waals surface area (Å²) in [5, 5.41) is 3.77. The van der Waals surface area contributed by atoms with Gasteiger partial charge in [-0.15, -0.1) is 0 Å². The van der Waals surface area contributed by atoms with Gasteiger partial charge in [0.25, 0.3) is 0 Å². The molecule has 0 aliphatic heterocycles. The second-order valence-electron chi connectivity index (χ2n) is 7.58. The molecular formula is C19H25NO3. The topological polar surface area (TPSA) is 59.3 Å². The van der Waals surface area contributed by atoms with Crippen LogP contribution in [0.1, 0.15) is 46.1 Å². The predicted octanol–water partition coefficient (Wildman–Crippen LogP) is 4.50. The quantitative estimate of drug-likeness (QED) is 0.845. The number of anilines is 1. The van der Waals surface area contributed by atoms with Crippen LogP contribution in [0.4, 0.5) is 5.69 Å². The van der Waals surface area contributed by atoms with Crippen LogP contribution < -0.4 is 10.9 Å². The fraction of sp³-hybridized carbons (Fsp3) is 0.474. The molecule has 0 saturated carbocycles. The average Bonchev–Trinajstić information content (AvgIpc) is 2.34. The molecule has 0 fully saturated rings. The minimum atomic E-state index is -0.378. The van der Waals surface area contributed by atoms with E-state index in [1.54, 1.807) is 6.07 Å². The third-order valence-electron chi connectivity index (χ3n) is 3.73. The number of fused-ring (bicyclic) bond motifs is 1. The van der Waals surface area contributed by atoms with Crippen molar-refractivity contribution in [2.24, 2.45) is 11.3 Å². The number of hydrogen-bond acceptors (Lipinski definition) is 3. The van der Waals surface area contributed by atoms with Gasteiger partial charge < -0.3 is 9.73 Å². The molecule has 1 amide bonds. The molecule has 124 valence electrons. The molecule has 0 radical (unpaired) electrons. The molecule has 0 unspecified atom stereocenters. The number of amides is 1. The van der Waals surface area contributed by atoms with E-state index in [-0.39, 0.29) is 16.9 Å². The van der Waals surface area contributed by atoms with Gasteiger partial charge in [0, 0.05) is 29.6 Å². The van der Waals surface area contributed by atoms with Crippen LogP contribution in [0.15, 0.2) is 33.5 Å². The van der Waals surface area contributed by atoms with Crippen LogP contribution >= 0.6 is 0 Å². The van der Waals surface area contributed by atoms with Crippen molar-refractivity contribution < 1.29 is 9.21 Å². The van der Waals surface area contributed by atoms with Crippen molar-refractivity contribution in [1.82, 2.24) is 0 Å². The van der Waals surface area contributed by atoms with Gasteiger partial charge in [-0.25, -0.2) is 4.79 Å². The zero-order valence-electron chi connectivity index (χ0n) is 14.5. The number of benzene rings is 1. The Morgan fingerprint density at radius 1 is 1.26 bits per heavy atom. The minimum absolute atomic E-state index is 0.0175. The van der Waals surface area contributed by atoms with Crippen molar-refractivity contribution in [1.29, 1.82) is 0 Å². The standard InChI is InChI=1S/C19H25NO3/c1-12(11-19(3,4)5)8-17(21)20-14-6-7-15-13(2)9-18(22)23-16(15)10-14/h6-7,9-10,12H,8,11H2,1-5H3,(H,20,21)/t12-/m1/s1. The first-order chi connectivity index (χ1) is 10.6. The van der Waals surface area contributed by atoms with Crippen LogP contribution in [0.5, 0.6) is 0 Å². The fourth-order valence-electron chi connectivity index (χ4n) is 3.05. The van der Waals surface area contributed by atoms with Gasteiger partial charge >= 0.3 is 5.63 Å². The number of hydrogen-bond donors (Lipinski definition) is 1. The molecule has 0 aliphatic rings. The molecule has 1 N–H and O–H groups in total. The Bertz CT molecular complexity index is 768. The third kappa shape index (κ3) is 4.95. The number of nitrogens with one attached hydrogen (secondary N) is 1. The molecule has 1 aromatic carbocycles. The molecule has 4 heteroatoms. The maximum atomic E-state index is 12.2. The Morgan fingerprint density at radius 3 is 2.61 bits per heavy atom. The van der Waals surface area contributed by atoms with E-state index < -0.39 is 0 Å². The van der Waals surface area contributed by atoms with Crippen molar-refractivity contribution in [2.45, 2.75) is 47.5 Å². The van der Waals surface area contributed by atoms with E-state index >= 15 is 0 Å². The lowest BCUT2D eigenvalue weighted by Crippen LogP contribution is -2.18. The summed E-state index contributed by atoms with van der Waals surface area (Å²) in [5.41, 5.74) is 1.85. The Morgan fingerprint density at radius 2 is 1.96 bits per heavy atom. The van der Waals surface area contributed by atoms with Crippen LogP contribution in [-0.2, 0) is 4.79 Å². The van der Waals surface area contributed by atoms with E-state index in [0.29, 0.717) is 23.6 Å². The molecule has 2 rings (SSSR count). The van der Waals surface area contributed by atoms with Gasteiger partial charge in [0.15, 0.2) is 0 Å². The SMILES string of the molecule is Cc1cc(=O)oc2cc(NC(=O)C[C@@H](C)CC(C)(C)C)ccc12. The summed E-state index contributed by atoms with van der Waals surface area (Å²) in [6, 6.07) is 6.87. The van der Waals surface area contributed by atoms with Crippen LogP contribution in [-0.4, -0.2) is 5.91 Å². The van der Waals surface area contributed by atoms with Crippen LogP contribution in [0.3, 0.4) is 0 Å². The van der Waals surface area contributed by atoms with E-state index in [0.717, 1.165) is 17.4 Å². The second-order valence-corrected chi connectivity index (χ2v) is 7.58. The average molecular weight is 315 g/mol. The lowest BCUT2D eigenvalue weighted by atomic mass is 9.84. The summed E-state index contributed by atoms with van der Waals surface area (Å²) in [6.45, 7) is 10.5. The van der Waals surface area contributed by atoms with Gasteiger partial charge in [-0.1, -0.05) is 27.7 Å². The van der Waals surface area contributed by atoms with Crippen LogP contribution in [0.25, 0.3) is 11.0 Å². The highest BCUT2D eigenvalue weighted by atomic mass is 16.4. The lowest BCUT2D eigenvalue weighted by Gasteiger charge is -2.22. The summed E-state index contributed by atoms with van der Waals surface area (Å²) in [7, 11) is 0. The first kappa shape index (κ1) is 17.3. The molecular weight excluding hydrogens is 290 g/mol. The summed E-state index contributed by atoms with van der Waals surface area (Å²) in [4.78, 5) is 23.6. The van der Waals surface area contributed by atoms with Crippen molar-refractivity contribution >= 4 is 22.6 Å². The maximum Gasteiger partial charge on any atom is 0.336 e. The van der Waals surface area contributed by atoms with E-state index in [4.69, 9.17) is 4.42 Å². The molecule has 4 nitrogen and oxygen atoms in total. The largest absolute Gasteiger partial charge is 0.423 e. The van der Waals surface area contributed by atoms with E-state index in [1.165, 1.54) is 6.07 Å². The van der Waals surface area contributed by atoms with Crippen molar-refractivity contribution in [2.75, 3.05) is 5.32 Å². The van der Waals surface area contributed by atoms with E-state index in [9.17, 15) is 9.59 Å². The maximum absolute atomic E-state index is 12.2. The van der Waals surface area contributed by atoms with Gasteiger partial charge in [-0.2, -0.15) is 0 Å². The molecule has 2 aromatic rings. The number of rotatable bonds is 4. The Hall–Kier alpha value is -2.10. The number of aryl methyl sites for hydroxylation is 1. The van der Waals surface area contributed by atoms with Crippen LogP contribution in [0, 0.1) is 18.3 Å². The Balaban J connectivity index is 2.09. The highest BCUT2D eigenvalue weighted by Gasteiger charge is 2.18. The second kappa shape index (κ2) is 6.57. The first-order valence-electron chi connectivity index (χ1n) is 7.98. The van der Waals surface area contributed by atoms with E-state index in [1.807, 2.05) is 19.1 Å². The van der Waals surface area contributed by atoms with Gasteiger partial charge in [0.05, 0.1) is 0 Å². The molecule has 23 heavy (non-hydrogen) atoms. The minimum Gasteiger partial charge on any atom is -0.423 e. The van der Waals surface area contributed by atoms with Gasteiger partial charge in [0.2, 0.25) is 5.91 Å². The van der Waals surface area contributed by atoms with Crippen LogP contribution in [0.2, 0.25) is 0 Å². The number of carbonyl (C=O) groups is 1. The Labute approximate surface area is 136 Å².